The molecule has 7 heteroatoms. The topological polar surface area (TPSA) is 87.2 Å². The zero-order valence-corrected chi connectivity index (χ0v) is 15.2. The molecule has 0 saturated heterocycles. The smallest absolute Gasteiger partial charge is 0.329 e. The number of hydrogen-bond donors (Lipinski definition) is 2. The van der Waals surface area contributed by atoms with Crippen LogP contribution in [0.1, 0.15) is 27.7 Å². The van der Waals surface area contributed by atoms with E-state index < -0.39 is 11.2 Å². The Bertz CT molecular complexity index is 843. The van der Waals surface area contributed by atoms with Gasteiger partial charge >= 0.3 is 5.69 Å². The lowest BCUT2D eigenvalue weighted by Gasteiger charge is -2.30. The summed E-state index contributed by atoms with van der Waals surface area (Å²) in [6, 6.07) is 7.53. The fourth-order valence-electron chi connectivity index (χ4n) is 3.04. The summed E-state index contributed by atoms with van der Waals surface area (Å²) < 4.78 is 1.29. The van der Waals surface area contributed by atoms with Gasteiger partial charge in [0, 0.05) is 25.2 Å². The third-order valence-corrected chi connectivity index (χ3v) is 4.23. The first-order valence-corrected chi connectivity index (χ1v) is 8.55. The first-order chi connectivity index (χ1) is 11.8. The molecule has 2 aromatic rings. The second kappa shape index (κ2) is 8.11. The molecule has 0 atom stereocenters. The number of nitrogens with one attached hydrogen (secondary N) is 2. The van der Waals surface area contributed by atoms with Crippen molar-refractivity contribution in [3.8, 4) is 0 Å². The van der Waals surface area contributed by atoms with E-state index in [9.17, 15) is 14.4 Å². The molecule has 1 amide bonds. The van der Waals surface area contributed by atoms with Crippen molar-refractivity contribution in [3.63, 3.8) is 0 Å². The van der Waals surface area contributed by atoms with Crippen molar-refractivity contribution in [2.24, 2.45) is 0 Å². The lowest BCUT2D eigenvalue weighted by Crippen LogP contribution is -2.43. The Morgan fingerprint density at radius 3 is 2.44 bits per heavy atom. The summed E-state index contributed by atoms with van der Waals surface area (Å²) in [5, 5.41) is 3.24. The highest BCUT2D eigenvalue weighted by Crippen LogP contribution is 2.06. The van der Waals surface area contributed by atoms with E-state index in [2.05, 4.69) is 42.9 Å². The molecule has 0 bridgehead atoms. The molecule has 7 nitrogen and oxygen atoms in total. The van der Waals surface area contributed by atoms with Crippen molar-refractivity contribution in [1.29, 1.82) is 0 Å². The number of aromatic nitrogens is 2. The molecule has 0 spiro atoms. The van der Waals surface area contributed by atoms with E-state index in [-0.39, 0.29) is 12.5 Å². The maximum Gasteiger partial charge on any atom is 0.329 e. The zero-order chi connectivity index (χ0) is 18.6. The standard InChI is InChI=1S/C18H26N4O3/c1-12(2)21(13(3)4)10-9-19-16(23)11-22-15-8-6-5-7-14(15)17(24)20-18(22)25/h5-8,12-13H,9-11H2,1-4H3,(H,19,23)(H,20,24,25). The predicted octanol–water partition coefficient (Wildman–Crippen LogP) is 0.925. The van der Waals surface area contributed by atoms with Crippen LogP contribution in [0.15, 0.2) is 33.9 Å². The molecule has 0 saturated carbocycles. The number of aromatic amines is 1. The largest absolute Gasteiger partial charge is 0.353 e. The van der Waals surface area contributed by atoms with Crippen molar-refractivity contribution in [1.82, 2.24) is 19.8 Å². The van der Waals surface area contributed by atoms with Crippen LogP contribution in [-0.2, 0) is 11.3 Å². The summed E-state index contributed by atoms with van der Waals surface area (Å²) in [6.45, 7) is 9.59. The Labute approximate surface area is 146 Å². The van der Waals surface area contributed by atoms with Crippen LogP contribution in [0.5, 0.6) is 0 Å². The van der Waals surface area contributed by atoms with Crippen LogP contribution >= 0.6 is 0 Å². The van der Waals surface area contributed by atoms with Crippen molar-refractivity contribution in [2.75, 3.05) is 13.1 Å². The number of para-hydroxylation sites is 1. The fraction of sp³-hybridized carbons (Fsp3) is 0.500. The van der Waals surface area contributed by atoms with Crippen LogP contribution in [0.3, 0.4) is 0 Å². The van der Waals surface area contributed by atoms with Gasteiger partial charge in [0.25, 0.3) is 5.56 Å². The number of fused-ring (bicyclic) bond motifs is 1. The molecule has 2 N–H and O–H groups in total. The van der Waals surface area contributed by atoms with Crippen molar-refractivity contribution in [3.05, 3.63) is 45.1 Å². The van der Waals surface area contributed by atoms with Gasteiger partial charge in [0.1, 0.15) is 6.54 Å². The minimum Gasteiger partial charge on any atom is -0.353 e. The number of hydrogen-bond acceptors (Lipinski definition) is 4. The van der Waals surface area contributed by atoms with Gasteiger partial charge in [-0.25, -0.2) is 4.79 Å². The van der Waals surface area contributed by atoms with Gasteiger partial charge in [-0.3, -0.25) is 24.0 Å². The van der Waals surface area contributed by atoms with E-state index in [1.807, 2.05) is 0 Å². The van der Waals surface area contributed by atoms with Gasteiger partial charge in [-0.15, -0.1) is 0 Å². The number of carbonyl (C=O) groups excluding carboxylic acids is 1. The van der Waals surface area contributed by atoms with Gasteiger partial charge in [0.05, 0.1) is 10.9 Å². The van der Waals surface area contributed by atoms with Gasteiger partial charge in [0.2, 0.25) is 5.91 Å². The van der Waals surface area contributed by atoms with Gasteiger partial charge < -0.3 is 5.32 Å². The highest BCUT2D eigenvalue weighted by Gasteiger charge is 2.14. The highest BCUT2D eigenvalue weighted by molar-refractivity contribution is 5.81. The number of benzene rings is 1. The minimum absolute atomic E-state index is 0.126. The molecule has 1 aromatic heterocycles. The van der Waals surface area contributed by atoms with Crippen LogP contribution in [0.2, 0.25) is 0 Å². The maximum absolute atomic E-state index is 12.2. The first kappa shape index (κ1) is 18.9. The van der Waals surface area contributed by atoms with Crippen molar-refractivity contribution < 1.29 is 4.79 Å². The van der Waals surface area contributed by atoms with E-state index in [0.29, 0.717) is 29.5 Å². The summed E-state index contributed by atoms with van der Waals surface area (Å²) in [5.41, 5.74) is -0.566. The molecule has 25 heavy (non-hydrogen) atoms. The van der Waals surface area contributed by atoms with Crippen LogP contribution in [-0.4, -0.2) is 45.5 Å². The highest BCUT2D eigenvalue weighted by atomic mass is 16.2. The van der Waals surface area contributed by atoms with Crippen LogP contribution in [0, 0.1) is 0 Å². The van der Waals surface area contributed by atoms with Crippen molar-refractivity contribution >= 4 is 16.8 Å². The molecular weight excluding hydrogens is 320 g/mol. The third kappa shape index (κ3) is 4.57. The number of nitrogens with zero attached hydrogens (tertiary/aromatic N) is 2. The molecule has 1 aromatic carbocycles. The summed E-state index contributed by atoms with van der Waals surface area (Å²) in [4.78, 5) is 40.7. The van der Waals surface area contributed by atoms with Gasteiger partial charge in [0.15, 0.2) is 0 Å². The van der Waals surface area contributed by atoms with E-state index in [1.54, 1.807) is 24.3 Å². The Balaban J connectivity index is 2.08. The zero-order valence-electron chi connectivity index (χ0n) is 15.2. The lowest BCUT2D eigenvalue weighted by atomic mass is 10.2. The molecule has 0 fully saturated rings. The van der Waals surface area contributed by atoms with Crippen LogP contribution < -0.4 is 16.6 Å². The van der Waals surface area contributed by atoms with E-state index in [0.717, 1.165) is 6.54 Å². The Kier molecular flexibility index (Phi) is 6.14. The quantitative estimate of drug-likeness (QED) is 0.781. The lowest BCUT2D eigenvalue weighted by molar-refractivity contribution is -0.121. The molecule has 2 rings (SSSR count). The third-order valence-electron chi connectivity index (χ3n) is 4.23. The summed E-state index contributed by atoms with van der Waals surface area (Å²) in [7, 11) is 0. The minimum atomic E-state index is -0.579. The number of amides is 1. The SMILES string of the molecule is CC(C)N(CCNC(=O)Cn1c(=O)[nH]c(=O)c2ccccc21)C(C)C. The molecule has 0 radical (unpaired) electrons. The van der Waals surface area contributed by atoms with Crippen LogP contribution in [0.25, 0.3) is 10.9 Å². The van der Waals surface area contributed by atoms with Gasteiger partial charge in [-0.05, 0) is 39.8 Å². The second-order valence-electron chi connectivity index (χ2n) is 6.64. The number of carbonyl (C=O) groups is 1. The molecule has 0 aliphatic heterocycles. The molecule has 0 aliphatic carbocycles. The monoisotopic (exact) mass is 346 g/mol. The normalized spacial score (nSPS) is 11.6. The molecule has 136 valence electrons. The summed E-state index contributed by atoms with van der Waals surface area (Å²) in [5.74, 6) is -0.258. The maximum atomic E-state index is 12.2. The second-order valence-corrected chi connectivity index (χ2v) is 6.64. The first-order valence-electron chi connectivity index (χ1n) is 8.55. The summed E-state index contributed by atoms with van der Waals surface area (Å²) in [6.07, 6.45) is 0. The fourth-order valence-corrected chi connectivity index (χ4v) is 3.04. The Morgan fingerprint density at radius 2 is 1.80 bits per heavy atom. The van der Waals surface area contributed by atoms with E-state index >= 15 is 0 Å². The van der Waals surface area contributed by atoms with Gasteiger partial charge in [-0.2, -0.15) is 0 Å². The summed E-state index contributed by atoms with van der Waals surface area (Å²) >= 11 is 0. The molecular formula is C18H26N4O3. The average molecular weight is 346 g/mol. The number of H-pyrrole nitrogens is 1. The van der Waals surface area contributed by atoms with Gasteiger partial charge in [-0.1, -0.05) is 12.1 Å². The van der Waals surface area contributed by atoms with Crippen LogP contribution in [0.4, 0.5) is 0 Å². The predicted molar refractivity (Wildman–Crippen MR) is 98.8 cm³/mol. The molecule has 0 unspecified atom stereocenters. The number of rotatable bonds is 7. The molecule has 1 heterocycles. The van der Waals surface area contributed by atoms with E-state index in [4.69, 9.17) is 0 Å². The van der Waals surface area contributed by atoms with Crippen molar-refractivity contribution in [2.45, 2.75) is 46.3 Å². The Hall–Kier alpha value is -2.41. The van der Waals surface area contributed by atoms with E-state index in [1.165, 1.54) is 4.57 Å². The molecule has 0 aliphatic rings. The Morgan fingerprint density at radius 1 is 1.16 bits per heavy atom. The average Bonchev–Trinajstić information content (AvgIpc) is 2.54.